The van der Waals surface area contributed by atoms with E-state index in [1.807, 2.05) is 0 Å². The van der Waals surface area contributed by atoms with Crippen LogP contribution in [0, 0.1) is 5.92 Å². The van der Waals surface area contributed by atoms with Crippen LogP contribution in [0.1, 0.15) is 31.4 Å². The molecule has 0 aliphatic heterocycles. The molecule has 0 unspecified atom stereocenters. The average molecular weight is 401 g/mol. The Hall–Kier alpha value is -3.38. The SMILES string of the molecule is CC(C)CC1=Cc2c(ccc(-c3ccccc3)c2-c2ccccc2-c2ccccc2)C1. The third-order valence-corrected chi connectivity index (χ3v) is 6.14. The van der Waals surface area contributed by atoms with E-state index in [-0.39, 0.29) is 0 Å². The highest BCUT2D eigenvalue weighted by Crippen LogP contribution is 2.44. The second kappa shape index (κ2) is 8.40. The van der Waals surface area contributed by atoms with Gasteiger partial charge in [-0.2, -0.15) is 0 Å². The fourth-order valence-electron chi connectivity index (χ4n) is 4.86. The lowest BCUT2D eigenvalue weighted by molar-refractivity contribution is 0.638. The van der Waals surface area contributed by atoms with Crippen molar-refractivity contribution in [1.29, 1.82) is 0 Å². The monoisotopic (exact) mass is 400 g/mol. The second-order valence-electron chi connectivity index (χ2n) is 8.92. The van der Waals surface area contributed by atoms with Crippen molar-refractivity contribution in [2.45, 2.75) is 26.7 Å². The van der Waals surface area contributed by atoms with Crippen molar-refractivity contribution < 1.29 is 0 Å². The molecule has 1 aliphatic carbocycles. The zero-order chi connectivity index (χ0) is 21.2. The van der Waals surface area contributed by atoms with Gasteiger partial charge in [0.25, 0.3) is 0 Å². The third kappa shape index (κ3) is 3.86. The Bertz CT molecular complexity index is 1230. The minimum Gasteiger partial charge on any atom is -0.0649 e. The summed E-state index contributed by atoms with van der Waals surface area (Å²) in [6.45, 7) is 4.62. The molecular formula is C31H28. The summed E-state index contributed by atoms with van der Waals surface area (Å²) < 4.78 is 0. The molecule has 4 aromatic carbocycles. The molecule has 1 aliphatic rings. The van der Waals surface area contributed by atoms with Gasteiger partial charge in [-0.3, -0.25) is 0 Å². The van der Waals surface area contributed by atoms with Crippen LogP contribution in [0.2, 0.25) is 0 Å². The Morgan fingerprint density at radius 2 is 1.19 bits per heavy atom. The molecule has 31 heavy (non-hydrogen) atoms. The number of fused-ring (bicyclic) bond motifs is 1. The maximum absolute atomic E-state index is 2.47. The minimum atomic E-state index is 0.675. The number of benzene rings is 4. The van der Waals surface area contributed by atoms with E-state index in [9.17, 15) is 0 Å². The number of hydrogen-bond acceptors (Lipinski definition) is 0. The lowest BCUT2D eigenvalue weighted by Gasteiger charge is -2.18. The molecule has 0 heterocycles. The molecule has 0 atom stereocenters. The molecule has 0 saturated heterocycles. The zero-order valence-electron chi connectivity index (χ0n) is 18.3. The van der Waals surface area contributed by atoms with Crippen molar-refractivity contribution in [3.8, 4) is 33.4 Å². The van der Waals surface area contributed by atoms with Gasteiger partial charge in [0, 0.05) is 0 Å². The Morgan fingerprint density at radius 1 is 0.613 bits per heavy atom. The van der Waals surface area contributed by atoms with Crippen LogP contribution in [-0.2, 0) is 6.42 Å². The highest BCUT2D eigenvalue weighted by atomic mass is 14.3. The van der Waals surface area contributed by atoms with Crippen LogP contribution in [0.3, 0.4) is 0 Å². The predicted molar refractivity (Wildman–Crippen MR) is 134 cm³/mol. The van der Waals surface area contributed by atoms with E-state index < -0.39 is 0 Å². The summed E-state index contributed by atoms with van der Waals surface area (Å²) in [7, 11) is 0. The molecule has 4 aromatic rings. The van der Waals surface area contributed by atoms with Gasteiger partial charge in [0.15, 0.2) is 0 Å². The van der Waals surface area contributed by atoms with Gasteiger partial charge in [-0.05, 0) is 63.3 Å². The summed E-state index contributed by atoms with van der Waals surface area (Å²) >= 11 is 0. The quantitative estimate of drug-likeness (QED) is 0.314. The smallest absolute Gasteiger partial charge is 0.00237 e. The van der Waals surface area contributed by atoms with Gasteiger partial charge in [0.05, 0.1) is 0 Å². The van der Waals surface area contributed by atoms with Gasteiger partial charge in [-0.1, -0.05) is 123 Å². The standard InChI is InChI=1S/C31H28/c1-22(2)19-23-20-26-17-18-28(25-13-7-4-8-14-25)31(30(26)21-23)29-16-10-9-15-27(29)24-11-5-3-6-12-24/h3-18,21-22H,19-20H2,1-2H3. The molecule has 0 radical (unpaired) electrons. The third-order valence-electron chi connectivity index (χ3n) is 6.14. The van der Waals surface area contributed by atoms with Crippen LogP contribution in [0.5, 0.6) is 0 Å². The van der Waals surface area contributed by atoms with Gasteiger partial charge in [-0.15, -0.1) is 0 Å². The molecule has 0 fully saturated rings. The van der Waals surface area contributed by atoms with E-state index in [0.717, 1.165) is 12.8 Å². The van der Waals surface area contributed by atoms with Gasteiger partial charge < -0.3 is 0 Å². The molecule has 0 bridgehead atoms. The van der Waals surface area contributed by atoms with E-state index in [2.05, 4.69) is 117 Å². The lowest BCUT2D eigenvalue weighted by atomic mass is 9.85. The number of allylic oxidation sites excluding steroid dienone is 1. The van der Waals surface area contributed by atoms with E-state index >= 15 is 0 Å². The molecule has 0 saturated carbocycles. The van der Waals surface area contributed by atoms with E-state index in [1.54, 1.807) is 5.57 Å². The fourth-order valence-corrected chi connectivity index (χ4v) is 4.86. The number of rotatable bonds is 5. The van der Waals surface area contributed by atoms with Crippen molar-refractivity contribution >= 4 is 6.08 Å². The van der Waals surface area contributed by atoms with Crippen LogP contribution in [0.4, 0.5) is 0 Å². The highest BCUT2D eigenvalue weighted by molar-refractivity contribution is 5.97. The minimum absolute atomic E-state index is 0.675. The largest absolute Gasteiger partial charge is 0.0649 e. The first kappa shape index (κ1) is 19.6. The van der Waals surface area contributed by atoms with Crippen molar-refractivity contribution in [1.82, 2.24) is 0 Å². The maximum atomic E-state index is 2.47. The van der Waals surface area contributed by atoms with E-state index in [4.69, 9.17) is 0 Å². The summed E-state index contributed by atoms with van der Waals surface area (Å²) in [5.41, 5.74) is 12.2. The van der Waals surface area contributed by atoms with Gasteiger partial charge in [-0.25, -0.2) is 0 Å². The van der Waals surface area contributed by atoms with Gasteiger partial charge in [0.1, 0.15) is 0 Å². The summed E-state index contributed by atoms with van der Waals surface area (Å²) in [6, 6.07) is 35.1. The first-order chi connectivity index (χ1) is 15.2. The maximum Gasteiger partial charge on any atom is -0.00237 e. The van der Waals surface area contributed by atoms with Crippen molar-refractivity contribution in [2.75, 3.05) is 0 Å². The average Bonchev–Trinajstić information content (AvgIpc) is 3.21. The van der Waals surface area contributed by atoms with Crippen LogP contribution in [-0.4, -0.2) is 0 Å². The first-order valence-corrected chi connectivity index (χ1v) is 11.3. The van der Waals surface area contributed by atoms with Crippen LogP contribution in [0.15, 0.2) is 103 Å². The molecule has 0 spiro atoms. The van der Waals surface area contributed by atoms with E-state index in [1.165, 1.54) is 44.5 Å². The van der Waals surface area contributed by atoms with Crippen molar-refractivity contribution in [2.24, 2.45) is 5.92 Å². The van der Waals surface area contributed by atoms with Gasteiger partial charge >= 0.3 is 0 Å². The Kier molecular flexibility index (Phi) is 5.30. The van der Waals surface area contributed by atoms with Gasteiger partial charge in [0.2, 0.25) is 0 Å². The highest BCUT2D eigenvalue weighted by Gasteiger charge is 2.22. The molecule has 0 heteroatoms. The summed E-state index contributed by atoms with van der Waals surface area (Å²) in [5.74, 6) is 0.675. The molecule has 0 amide bonds. The van der Waals surface area contributed by atoms with Crippen molar-refractivity contribution in [3.63, 3.8) is 0 Å². The first-order valence-electron chi connectivity index (χ1n) is 11.3. The van der Waals surface area contributed by atoms with Crippen molar-refractivity contribution in [3.05, 3.63) is 114 Å². The predicted octanol–water partition coefficient (Wildman–Crippen LogP) is 8.67. The zero-order valence-corrected chi connectivity index (χ0v) is 18.3. The molecule has 0 N–H and O–H groups in total. The van der Waals surface area contributed by atoms with E-state index in [0.29, 0.717) is 5.92 Å². The molecule has 152 valence electrons. The second-order valence-corrected chi connectivity index (χ2v) is 8.92. The topological polar surface area (TPSA) is 0 Å². The van der Waals surface area contributed by atoms with Crippen LogP contribution < -0.4 is 0 Å². The fraction of sp³-hybridized carbons (Fsp3) is 0.161. The number of hydrogen-bond donors (Lipinski definition) is 0. The molecule has 0 aromatic heterocycles. The van der Waals surface area contributed by atoms with Crippen LogP contribution >= 0.6 is 0 Å². The Labute approximate surface area is 185 Å². The molecule has 5 rings (SSSR count). The lowest BCUT2D eigenvalue weighted by Crippen LogP contribution is -1.95. The normalized spacial score (nSPS) is 12.7. The summed E-state index contributed by atoms with van der Waals surface area (Å²) in [5, 5.41) is 0. The molecule has 0 nitrogen and oxygen atoms in total. The summed E-state index contributed by atoms with van der Waals surface area (Å²) in [6.07, 6.45) is 4.71. The van der Waals surface area contributed by atoms with Crippen LogP contribution in [0.25, 0.3) is 39.5 Å². The summed E-state index contributed by atoms with van der Waals surface area (Å²) in [4.78, 5) is 0. The molecular weight excluding hydrogens is 372 g/mol. The Morgan fingerprint density at radius 3 is 1.84 bits per heavy atom. The Balaban J connectivity index is 1.78.